The zero-order chi connectivity index (χ0) is 14.8. The molecule has 2 fully saturated rings. The molecule has 6 heteroatoms. The van der Waals surface area contributed by atoms with E-state index >= 15 is 0 Å². The van der Waals surface area contributed by atoms with Crippen molar-refractivity contribution in [3.8, 4) is 0 Å². The van der Waals surface area contributed by atoms with E-state index in [0.29, 0.717) is 52.1 Å². The highest BCUT2D eigenvalue weighted by molar-refractivity contribution is 5.87. The van der Waals surface area contributed by atoms with Crippen LogP contribution in [0.1, 0.15) is 26.2 Å². The summed E-state index contributed by atoms with van der Waals surface area (Å²) in [5.41, 5.74) is 4.90. The summed E-state index contributed by atoms with van der Waals surface area (Å²) in [4.78, 5) is 26.6. The molecule has 2 saturated heterocycles. The quantitative estimate of drug-likeness (QED) is 0.746. The van der Waals surface area contributed by atoms with E-state index < -0.39 is 10.8 Å². The van der Waals surface area contributed by atoms with Crippen LogP contribution in [0.5, 0.6) is 0 Å². The van der Waals surface area contributed by atoms with Gasteiger partial charge in [-0.2, -0.15) is 0 Å². The van der Waals surface area contributed by atoms with Gasteiger partial charge < -0.3 is 20.7 Å². The molecule has 2 aliphatic heterocycles. The summed E-state index contributed by atoms with van der Waals surface area (Å²) in [7, 11) is 1.64. The number of nitrogens with one attached hydrogen (secondary N) is 1. The zero-order valence-electron chi connectivity index (χ0n) is 12.4. The van der Waals surface area contributed by atoms with E-state index in [2.05, 4.69) is 5.32 Å². The molecule has 2 amide bonds. The summed E-state index contributed by atoms with van der Waals surface area (Å²) in [6.07, 6.45) is 2.06. The van der Waals surface area contributed by atoms with Gasteiger partial charge in [0.25, 0.3) is 0 Å². The molecule has 2 heterocycles. The topological polar surface area (TPSA) is 84.7 Å². The first-order chi connectivity index (χ1) is 9.47. The van der Waals surface area contributed by atoms with Crippen LogP contribution in [0.4, 0.5) is 0 Å². The lowest BCUT2D eigenvalue weighted by Gasteiger charge is -2.38. The third-order valence-corrected chi connectivity index (χ3v) is 4.83. The molecule has 6 nitrogen and oxygen atoms in total. The fraction of sp³-hybridized carbons (Fsp3) is 0.857. The van der Waals surface area contributed by atoms with Crippen molar-refractivity contribution in [2.75, 3.05) is 39.9 Å². The van der Waals surface area contributed by atoms with Gasteiger partial charge in [0.05, 0.1) is 10.8 Å². The van der Waals surface area contributed by atoms with E-state index in [-0.39, 0.29) is 11.8 Å². The minimum absolute atomic E-state index is 0.00146. The Labute approximate surface area is 120 Å². The van der Waals surface area contributed by atoms with Gasteiger partial charge in [-0.1, -0.05) is 0 Å². The predicted molar refractivity (Wildman–Crippen MR) is 74.9 cm³/mol. The van der Waals surface area contributed by atoms with Crippen molar-refractivity contribution in [1.82, 2.24) is 10.2 Å². The normalized spacial score (nSPS) is 29.2. The molecular weight excluding hydrogens is 258 g/mol. The van der Waals surface area contributed by atoms with Crippen molar-refractivity contribution in [2.24, 2.45) is 16.6 Å². The van der Waals surface area contributed by atoms with Gasteiger partial charge >= 0.3 is 0 Å². The molecule has 0 spiro atoms. The van der Waals surface area contributed by atoms with E-state index in [1.807, 2.05) is 11.8 Å². The van der Waals surface area contributed by atoms with Crippen LogP contribution in [0, 0.1) is 10.8 Å². The molecule has 114 valence electrons. The van der Waals surface area contributed by atoms with E-state index in [0.717, 1.165) is 0 Å². The Balaban J connectivity index is 2.09. The van der Waals surface area contributed by atoms with E-state index in [9.17, 15) is 9.59 Å². The lowest BCUT2D eigenvalue weighted by molar-refractivity contribution is -0.146. The first kappa shape index (κ1) is 15.3. The number of rotatable bonds is 3. The number of ether oxygens (including phenoxy) is 1. The zero-order valence-corrected chi connectivity index (χ0v) is 12.4. The molecule has 0 aliphatic carbocycles. The fourth-order valence-corrected chi connectivity index (χ4v) is 3.22. The van der Waals surface area contributed by atoms with Gasteiger partial charge in [0, 0.05) is 39.9 Å². The number of nitrogens with two attached hydrogens (primary N) is 1. The monoisotopic (exact) mass is 283 g/mol. The Morgan fingerprint density at radius 3 is 2.50 bits per heavy atom. The molecule has 0 radical (unpaired) electrons. The maximum absolute atomic E-state index is 12.8. The average Bonchev–Trinajstić information content (AvgIpc) is 2.90. The van der Waals surface area contributed by atoms with Crippen molar-refractivity contribution in [3.63, 3.8) is 0 Å². The Morgan fingerprint density at radius 2 is 1.95 bits per heavy atom. The molecule has 0 aromatic carbocycles. The summed E-state index contributed by atoms with van der Waals surface area (Å²) >= 11 is 0. The first-order valence-electron chi connectivity index (χ1n) is 7.27. The summed E-state index contributed by atoms with van der Waals surface area (Å²) in [5.74, 6) is 0.0949. The van der Waals surface area contributed by atoms with Crippen LogP contribution >= 0.6 is 0 Å². The molecule has 0 bridgehead atoms. The Kier molecular flexibility index (Phi) is 4.34. The molecule has 0 aromatic heterocycles. The van der Waals surface area contributed by atoms with Crippen LogP contribution in [0.25, 0.3) is 0 Å². The van der Waals surface area contributed by atoms with Crippen LogP contribution in [0.2, 0.25) is 0 Å². The highest BCUT2D eigenvalue weighted by atomic mass is 16.5. The molecule has 1 atom stereocenters. The minimum Gasteiger partial charge on any atom is -0.381 e. The van der Waals surface area contributed by atoms with Crippen molar-refractivity contribution < 1.29 is 14.3 Å². The maximum Gasteiger partial charge on any atom is 0.230 e. The van der Waals surface area contributed by atoms with Crippen molar-refractivity contribution >= 4 is 11.8 Å². The number of carbonyl (C=O) groups is 2. The summed E-state index contributed by atoms with van der Waals surface area (Å²) in [5, 5.41) is 2.69. The molecule has 1 unspecified atom stereocenters. The standard InChI is InChI=1S/C14H25N3O3/c1-13(11(18)16-2)3-6-17(10-13)12(19)14(9-15)4-7-20-8-5-14/h3-10,15H2,1-2H3,(H,16,18). The number of likely N-dealkylation sites (tertiary alicyclic amines) is 1. The number of carbonyl (C=O) groups excluding carboxylic acids is 2. The Morgan fingerprint density at radius 1 is 1.30 bits per heavy atom. The second-order valence-corrected chi connectivity index (χ2v) is 6.21. The van der Waals surface area contributed by atoms with E-state index in [1.165, 1.54) is 0 Å². The molecule has 2 aliphatic rings. The SMILES string of the molecule is CNC(=O)C1(C)CCN(C(=O)C2(CN)CCOCC2)C1. The largest absolute Gasteiger partial charge is 0.381 e. The Bertz CT molecular complexity index is 393. The van der Waals surface area contributed by atoms with Crippen molar-refractivity contribution in [2.45, 2.75) is 26.2 Å². The second-order valence-electron chi connectivity index (χ2n) is 6.21. The van der Waals surface area contributed by atoms with Gasteiger partial charge in [0.1, 0.15) is 0 Å². The van der Waals surface area contributed by atoms with Crippen LogP contribution < -0.4 is 11.1 Å². The van der Waals surface area contributed by atoms with Crippen molar-refractivity contribution in [3.05, 3.63) is 0 Å². The lowest BCUT2D eigenvalue weighted by atomic mass is 9.79. The van der Waals surface area contributed by atoms with Crippen LogP contribution in [-0.4, -0.2) is 56.6 Å². The first-order valence-corrected chi connectivity index (χ1v) is 7.27. The van der Waals surface area contributed by atoms with Gasteiger partial charge in [0.2, 0.25) is 11.8 Å². The van der Waals surface area contributed by atoms with E-state index in [4.69, 9.17) is 10.5 Å². The smallest absolute Gasteiger partial charge is 0.230 e. The number of hydrogen-bond acceptors (Lipinski definition) is 4. The summed E-state index contributed by atoms with van der Waals surface area (Å²) in [6, 6.07) is 0. The van der Waals surface area contributed by atoms with Crippen LogP contribution in [0.15, 0.2) is 0 Å². The van der Waals surface area contributed by atoms with Crippen LogP contribution in [-0.2, 0) is 14.3 Å². The lowest BCUT2D eigenvalue weighted by Crippen LogP contribution is -2.51. The maximum atomic E-state index is 12.8. The van der Waals surface area contributed by atoms with Gasteiger partial charge in [-0.25, -0.2) is 0 Å². The van der Waals surface area contributed by atoms with Gasteiger partial charge in [-0.3, -0.25) is 9.59 Å². The highest BCUT2D eigenvalue weighted by Gasteiger charge is 2.47. The molecule has 0 saturated carbocycles. The summed E-state index contributed by atoms with van der Waals surface area (Å²) < 4.78 is 5.35. The summed E-state index contributed by atoms with van der Waals surface area (Å²) in [6.45, 7) is 4.55. The molecular formula is C14H25N3O3. The Hall–Kier alpha value is -1.14. The van der Waals surface area contributed by atoms with Gasteiger partial charge in [-0.05, 0) is 26.2 Å². The van der Waals surface area contributed by atoms with E-state index in [1.54, 1.807) is 7.05 Å². The molecule has 0 aromatic rings. The van der Waals surface area contributed by atoms with Crippen LogP contribution in [0.3, 0.4) is 0 Å². The number of amides is 2. The fourth-order valence-electron chi connectivity index (χ4n) is 3.22. The molecule has 2 rings (SSSR count). The van der Waals surface area contributed by atoms with Gasteiger partial charge in [-0.15, -0.1) is 0 Å². The van der Waals surface area contributed by atoms with Gasteiger partial charge in [0.15, 0.2) is 0 Å². The number of nitrogens with zero attached hydrogens (tertiary/aromatic N) is 1. The molecule has 20 heavy (non-hydrogen) atoms. The predicted octanol–water partition coefficient (Wildman–Crippen LogP) is -0.273. The molecule has 3 N–H and O–H groups in total. The van der Waals surface area contributed by atoms with Crippen molar-refractivity contribution in [1.29, 1.82) is 0 Å². The number of hydrogen-bond donors (Lipinski definition) is 2. The second kappa shape index (κ2) is 5.69. The third kappa shape index (κ3) is 2.54. The average molecular weight is 283 g/mol. The minimum atomic E-state index is -0.494. The highest BCUT2D eigenvalue weighted by Crippen LogP contribution is 2.37. The third-order valence-electron chi connectivity index (χ3n) is 4.83.